The van der Waals surface area contributed by atoms with Crippen LogP contribution in [-0.2, 0) is 13.0 Å². The van der Waals surface area contributed by atoms with Crippen LogP contribution >= 0.6 is 0 Å². The van der Waals surface area contributed by atoms with Crippen LogP contribution in [0.5, 0.6) is 0 Å². The Bertz CT molecular complexity index is 781. The van der Waals surface area contributed by atoms with Crippen molar-refractivity contribution >= 4 is 0 Å². The molecule has 26 heavy (non-hydrogen) atoms. The van der Waals surface area contributed by atoms with E-state index < -0.39 is 5.60 Å². The molecule has 0 spiro atoms. The summed E-state index contributed by atoms with van der Waals surface area (Å²) in [6.07, 6.45) is 5.76. The fourth-order valence-electron chi connectivity index (χ4n) is 4.95. The van der Waals surface area contributed by atoms with Gasteiger partial charge in [0, 0.05) is 25.0 Å². The highest BCUT2D eigenvalue weighted by atomic mass is 16.3. The molecule has 0 saturated carbocycles. The van der Waals surface area contributed by atoms with Gasteiger partial charge in [0.25, 0.3) is 0 Å². The predicted octanol–water partition coefficient (Wildman–Crippen LogP) is 4.05. The van der Waals surface area contributed by atoms with Gasteiger partial charge in [0.05, 0.1) is 17.2 Å². The standard InChI is InChI=1S/C23H26N2O/c24-16-20-10-5-4-9-19(20)13-23(26)14-21-11-6-12-22(15-23)25(21)17-18-7-2-1-3-8-18/h1-5,7-10,21-22,26H,6,11-15,17H2. The molecule has 3 heteroatoms. The van der Waals surface area contributed by atoms with Gasteiger partial charge in [-0.1, -0.05) is 55.0 Å². The molecule has 4 rings (SSSR count). The van der Waals surface area contributed by atoms with Crippen molar-refractivity contribution in [3.05, 3.63) is 71.3 Å². The van der Waals surface area contributed by atoms with Crippen molar-refractivity contribution in [3.8, 4) is 6.07 Å². The maximum Gasteiger partial charge on any atom is 0.0994 e. The van der Waals surface area contributed by atoms with Gasteiger partial charge in [-0.3, -0.25) is 4.90 Å². The lowest BCUT2D eigenvalue weighted by molar-refractivity contribution is -0.0947. The minimum atomic E-state index is -0.699. The second-order valence-corrected chi connectivity index (χ2v) is 7.97. The number of rotatable bonds is 4. The first-order chi connectivity index (χ1) is 12.7. The van der Waals surface area contributed by atoms with Crippen molar-refractivity contribution in [1.82, 2.24) is 4.90 Å². The molecule has 2 aromatic rings. The van der Waals surface area contributed by atoms with E-state index in [1.165, 1.54) is 12.0 Å². The van der Waals surface area contributed by atoms with E-state index in [0.717, 1.165) is 37.8 Å². The highest BCUT2D eigenvalue weighted by Crippen LogP contribution is 2.41. The van der Waals surface area contributed by atoms with Crippen molar-refractivity contribution in [2.24, 2.45) is 0 Å². The SMILES string of the molecule is N#Cc1ccccc1CC1(O)CC2CCCC(C1)N2Cc1ccccc1. The molecule has 134 valence electrons. The summed E-state index contributed by atoms with van der Waals surface area (Å²) in [4.78, 5) is 2.61. The second-order valence-electron chi connectivity index (χ2n) is 7.97. The van der Waals surface area contributed by atoms with Gasteiger partial charge >= 0.3 is 0 Å². The first kappa shape index (κ1) is 17.3. The van der Waals surface area contributed by atoms with E-state index in [4.69, 9.17) is 0 Å². The van der Waals surface area contributed by atoms with Gasteiger partial charge in [-0.15, -0.1) is 0 Å². The van der Waals surface area contributed by atoms with Crippen LogP contribution in [0, 0.1) is 11.3 Å². The molecule has 2 atom stereocenters. The molecule has 1 N–H and O–H groups in total. The van der Waals surface area contributed by atoms with Gasteiger partial charge in [-0.05, 0) is 42.9 Å². The number of aliphatic hydroxyl groups is 1. The molecule has 0 aliphatic carbocycles. The van der Waals surface area contributed by atoms with E-state index in [1.807, 2.05) is 24.3 Å². The highest BCUT2D eigenvalue weighted by molar-refractivity contribution is 5.38. The Kier molecular flexibility index (Phi) is 4.80. The fraction of sp³-hybridized carbons (Fsp3) is 0.435. The average molecular weight is 346 g/mol. The third-order valence-corrected chi connectivity index (χ3v) is 6.11. The minimum Gasteiger partial charge on any atom is -0.389 e. The van der Waals surface area contributed by atoms with E-state index in [9.17, 15) is 10.4 Å². The van der Waals surface area contributed by atoms with Gasteiger partial charge in [0.1, 0.15) is 0 Å². The summed E-state index contributed by atoms with van der Waals surface area (Å²) in [5.74, 6) is 0. The Morgan fingerprint density at radius 3 is 2.35 bits per heavy atom. The fourth-order valence-corrected chi connectivity index (χ4v) is 4.95. The number of fused-ring (bicyclic) bond motifs is 2. The van der Waals surface area contributed by atoms with Crippen molar-refractivity contribution in [3.63, 3.8) is 0 Å². The predicted molar refractivity (Wildman–Crippen MR) is 102 cm³/mol. The molecule has 3 nitrogen and oxygen atoms in total. The summed E-state index contributed by atoms with van der Waals surface area (Å²) in [6.45, 7) is 0.973. The summed E-state index contributed by atoms with van der Waals surface area (Å²) >= 11 is 0. The largest absolute Gasteiger partial charge is 0.389 e. The van der Waals surface area contributed by atoms with Gasteiger partial charge in [-0.2, -0.15) is 5.26 Å². The molecule has 2 unspecified atom stereocenters. The second kappa shape index (κ2) is 7.23. The molecule has 2 aliphatic heterocycles. The normalized spacial score (nSPS) is 28.5. The Labute approximate surface area is 155 Å². The van der Waals surface area contributed by atoms with Gasteiger partial charge in [0.2, 0.25) is 0 Å². The maximum absolute atomic E-state index is 11.4. The Hall–Kier alpha value is -2.15. The summed E-state index contributed by atoms with van der Waals surface area (Å²) in [5, 5.41) is 20.8. The lowest BCUT2D eigenvalue weighted by Crippen LogP contribution is -2.58. The zero-order valence-corrected chi connectivity index (χ0v) is 15.1. The quantitative estimate of drug-likeness (QED) is 0.908. The Morgan fingerprint density at radius 2 is 1.65 bits per heavy atom. The van der Waals surface area contributed by atoms with Gasteiger partial charge < -0.3 is 5.11 Å². The van der Waals surface area contributed by atoms with E-state index in [-0.39, 0.29) is 0 Å². The maximum atomic E-state index is 11.4. The molecular weight excluding hydrogens is 320 g/mol. The van der Waals surface area contributed by atoms with Crippen LogP contribution in [0.15, 0.2) is 54.6 Å². The van der Waals surface area contributed by atoms with E-state index in [0.29, 0.717) is 24.1 Å². The zero-order chi connectivity index (χ0) is 18.0. The van der Waals surface area contributed by atoms with Crippen LogP contribution in [0.25, 0.3) is 0 Å². The number of hydrogen-bond donors (Lipinski definition) is 1. The molecular formula is C23H26N2O. The number of piperidine rings is 2. The molecule has 0 radical (unpaired) electrons. The number of nitriles is 1. The smallest absolute Gasteiger partial charge is 0.0994 e. The lowest BCUT2D eigenvalue weighted by Gasteiger charge is -2.52. The molecule has 2 aromatic carbocycles. The van der Waals surface area contributed by atoms with E-state index in [1.54, 1.807) is 0 Å². The van der Waals surface area contributed by atoms with Crippen LogP contribution in [0.1, 0.15) is 48.8 Å². The highest BCUT2D eigenvalue weighted by Gasteiger charge is 2.45. The molecule has 2 bridgehead atoms. The van der Waals surface area contributed by atoms with Crippen molar-refractivity contribution in [2.45, 2.75) is 62.8 Å². The van der Waals surface area contributed by atoms with Crippen LogP contribution in [-0.4, -0.2) is 27.7 Å². The number of benzene rings is 2. The molecule has 2 saturated heterocycles. The van der Waals surface area contributed by atoms with E-state index >= 15 is 0 Å². The summed E-state index contributed by atoms with van der Waals surface area (Å²) < 4.78 is 0. The molecule has 2 heterocycles. The first-order valence-electron chi connectivity index (χ1n) is 9.67. The van der Waals surface area contributed by atoms with Crippen molar-refractivity contribution in [1.29, 1.82) is 5.26 Å². The van der Waals surface area contributed by atoms with Crippen LogP contribution < -0.4 is 0 Å². The van der Waals surface area contributed by atoms with Gasteiger partial charge in [-0.25, -0.2) is 0 Å². The molecule has 0 aromatic heterocycles. The molecule has 2 aliphatic rings. The Balaban J connectivity index is 1.53. The topological polar surface area (TPSA) is 47.3 Å². The molecule has 2 fully saturated rings. The summed E-state index contributed by atoms with van der Waals surface area (Å²) in [6, 6.07) is 21.5. The molecule has 0 amide bonds. The van der Waals surface area contributed by atoms with Crippen LogP contribution in [0.2, 0.25) is 0 Å². The third kappa shape index (κ3) is 3.53. The first-order valence-corrected chi connectivity index (χ1v) is 9.67. The summed E-state index contributed by atoms with van der Waals surface area (Å²) in [5.41, 5.74) is 2.32. The van der Waals surface area contributed by atoms with Crippen molar-refractivity contribution < 1.29 is 5.11 Å². The Morgan fingerprint density at radius 1 is 1.00 bits per heavy atom. The number of nitrogens with zero attached hydrogens (tertiary/aromatic N) is 2. The minimum absolute atomic E-state index is 0.432. The number of hydrogen-bond acceptors (Lipinski definition) is 3. The van der Waals surface area contributed by atoms with Crippen LogP contribution in [0.4, 0.5) is 0 Å². The van der Waals surface area contributed by atoms with Gasteiger partial charge in [0.15, 0.2) is 0 Å². The lowest BCUT2D eigenvalue weighted by atomic mass is 9.72. The monoisotopic (exact) mass is 346 g/mol. The average Bonchev–Trinajstić information content (AvgIpc) is 2.64. The van der Waals surface area contributed by atoms with Crippen LogP contribution in [0.3, 0.4) is 0 Å². The third-order valence-electron chi connectivity index (χ3n) is 6.11. The zero-order valence-electron chi connectivity index (χ0n) is 15.1. The summed E-state index contributed by atoms with van der Waals surface area (Å²) in [7, 11) is 0. The van der Waals surface area contributed by atoms with Crippen molar-refractivity contribution in [2.75, 3.05) is 0 Å². The van der Waals surface area contributed by atoms with E-state index in [2.05, 4.69) is 41.3 Å².